The molecule has 0 aliphatic carbocycles. The van der Waals surface area contributed by atoms with Crippen molar-refractivity contribution in [1.29, 1.82) is 0 Å². The van der Waals surface area contributed by atoms with Gasteiger partial charge in [0.15, 0.2) is 11.5 Å². The second-order valence-electron chi connectivity index (χ2n) is 7.59. The van der Waals surface area contributed by atoms with Crippen molar-refractivity contribution < 1.29 is 22.3 Å². The highest BCUT2D eigenvalue weighted by atomic mass is 35.5. The van der Waals surface area contributed by atoms with Crippen molar-refractivity contribution in [2.24, 2.45) is 0 Å². The summed E-state index contributed by atoms with van der Waals surface area (Å²) in [6.45, 7) is 0. The monoisotopic (exact) mass is 509 g/mol. The van der Waals surface area contributed by atoms with E-state index in [4.69, 9.17) is 16.3 Å². The van der Waals surface area contributed by atoms with Gasteiger partial charge in [0.2, 0.25) is 0 Å². The second-order valence-corrected chi connectivity index (χ2v) is 9.81. The number of aromatic nitrogens is 3. The molecule has 0 amide bonds. The van der Waals surface area contributed by atoms with Crippen LogP contribution in [0.2, 0.25) is 5.02 Å². The van der Waals surface area contributed by atoms with Gasteiger partial charge in [-0.2, -0.15) is 0 Å². The first-order chi connectivity index (χ1) is 16.8. The number of pyridine rings is 1. The van der Waals surface area contributed by atoms with Crippen molar-refractivity contribution in [2.45, 2.75) is 4.90 Å². The maximum absolute atomic E-state index is 14.8. The van der Waals surface area contributed by atoms with Gasteiger partial charge in [0.1, 0.15) is 0 Å². The molecule has 0 aliphatic heterocycles. The fourth-order valence-electron chi connectivity index (χ4n) is 3.93. The predicted molar refractivity (Wildman–Crippen MR) is 130 cm³/mol. The Bertz CT molecular complexity index is 1690. The van der Waals surface area contributed by atoms with Gasteiger partial charge in [0.25, 0.3) is 10.0 Å². The molecule has 0 bridgehead atoms. The highest BCUT2D eigenvalue weighted by Crippen LogP contribution is 2.36. The maximum atomic E-state index is 14.8. The van der Waals surface area contributed by atoms with E-state index < -0.39 is 21.8 Å². The number of methoxy groups -OCH3 is 1. The van der Waals surface area contributed by atoms with E-state index in [1.54, 1.807) is 36.4 Å². The number of halogens is 2. The van der Waals surface area contributed by atoms with E-state index in [0.717, 1.165) is 3.97 Å². The van der Waals surface area contributed by atoms with Crippen LogP contribution >= 0.6 is 11.6 Å². The molecule has 1 N–H and O–H groups in total. The smallest absolute Gasteiger partial charge is 0.340 e. The first kappa shape index (κ1) is 22.8. The van der Waals surface area contributed by atoms with Crippen molar-refractivity contribution in [3.8, 4) is 22.5 Å². The van der Waals surface area contributed by atoms with Gasteiger partial charge in [-0.05, 0) is 42.5 Å². The molecule has 5 aromatic rings. The summed E-state index contributed by atoms with van der Waals surface area (Å²) >= 11 is 5.95. The first-order valence-corrected chi connectivity index (χ1v) is 12.2. The highest BCUT2D eigenvalue weighted by Gasteiger charge is 2.24. The third-order valence-electron chi connectivity index (χ3n) is 5.59. The molecule has 0 unspecified atom stereocenters. The number of nitrogens with one attached hydrogen (secondary N) is 1. The van der Waals surface area contributed by atoms with E-state index in [1.165, 1.54) is 49.8 Å². The van der Waals surface area contributed by atoms with Crippen LogP contribution in [-0.4, -0.2) is 35.4 Å². The molecule has 0 spiro atoms. The SMILES string of the molecule is COC(=O)c1cc(-c2ccnc3c2ccn3S(=O)(=O)c2ccccc2)[nH]c1-c1cccc(Cl)c1F. The molecule has 3 heterocycles. The van der Waals surface area contributed by atoms with Crippen LogP contribution in [-0.2, 0) is 14.8 Å². The molecular formula is C25H17ClFN3O4S. The number of rotatable bonds is 5. The van der Waals surface area contributed by atoms with Gasteiger partial charge in [-0.25, -0.2) is 26.6 Å². The van der Waals surface area contributed by atoms with Crippen LogP contribution in [0.5, 0.6) is 0 Å². The Morgan fingerprint density at radius 3 is 2.57 bits per heavy atom. The molecule has 0 saturated carbocycles. The average Bonchev–Trinajstić information content (AvgIpc) is 3.51. The third-order valence-corrected chi connectivity index (χ3v) is 7.56. The lowest BCUT2D eigenvalue weighted by Crippen LogP contribution is -2.12. The number of esters is 1. The van der Waals surface area contributed by atoms with Gasteiger partial charge in [-0.15, -0.1) is 0 Å². The summed E-state index contributed by atoms with van der Waals surface area (Å²) < 4.78 is 47.2. The van der Waals surface area contributed by atoms with Gasteiger partial charge in [-0.3, -0.25) is 0 Å². The summed E-state index contributed by atoms with van der Waals surface area (Å²) in [6.07, 6.45) is 2.89. The summed E-state index contributed by atoms with van der Waals surface area (Å²) in [5, 5.41) is 0.423. The molecule has 2 aromatic carbocycles. The minimum atomic E-state index is -3.89. The number of fused-ring (bicyclic) bond motifs is 1. The minimum Gasteiger partial charge on any atom is -0.465 e. The topological polar surface area (TPSA) is 94.0 Å². The third kappa shape index (κ3) is 3.78. The standard InChI is InChI=1S/C25H17ClFN3O4S/c1-34-25(31)19-14-21(29-23(19)18-8-5-9-20(26)22(18)27)16-10-12-28-24-17(16)11-13-30(24)35(32,33)15-6-3-2-4-7-15/h2-14,29H,1H3. The van der Waals surface area contributed by atoms with Crippen molar-refractivity contribution in [1.82, 2.24) is 13.9 Å². The Kier molecular flexibility index (Phi) is 5.66. The van der Waals surface area contributed by atoms with E-state index in [2.05, 4.69) is 9.97 Å². The summed E-state index contributed by atoms with van der Waals surface area (Å²) in [5.41, 5.74) is 1.60. The number of carbonyl (C=O) groups is 1. The van der Waals surface area contributed by atoms with Crippen molar-refractivity contribution in [2.75, 3.05) is 7.11 Å². The van der Waals surface area contributed by atoms with E-state index in [-0.39, 0.29) is 32.4 Å². The van der Waals surface area contributed by atoms with Crippen LogP contribution in [0.1, 0.15) is 10.4 Å². The van der Waals surface area contributed by atoms with E-state index in [1.807, 2.05) is 0 Å². The lowest BCUT2D eigenvalue weighted by atomic mass is 10.1. The molecule has 0 saturated heterocycles. The number of carbonyl (C=O) groups excluding carboxylic acids is 1. The van der Waals surface area contributed by atoms with Gasteiger partial charge < -0.3 is 9.72 Å². The molecule has 0 aliphatic rings. The number of H-pyrrole nitrogens is 1. The average molecular weight is 510 g/mol. The highest BCUT2D eigenvalue weighted by molar-refractivity contribution is 7.90. The van der Waals surface area contributed by atoms with E-state index in [9.17, 15) is 17.6 Å². The summed E-state index contributed by atoms with van der Waals surface area (Å²) in [6, 6.07) is 17.3. The zero-order valence-electron chi connectivity index (χ0n) is 18.2. The van der Waals surface area contributed by atoms with E-state index in [0.29, 0.717) is 16.6 Å². The van der Waals surface area contributed by atoms with Crippen LogP contribution in [0.25, 0.3) is 33.5 Å². The molecule has 10 heteroatoms. The molecule has 7 nitrogen and oxygen atoms in total. The van der Waals surface area contributed by atoms with Gasteiger partial charge >= 0.3 is 5.97 Å². The number of aromatic amines is 1. The number of hydrogen-bond donors (Lipinski definition) is 1. The lowest BCUT2D eigenvalue weighted by Gasteiger charge is -2.08. The molecule has 0 fully saturated rings. The van der Waals surface area contributed by atoms with Crippen molar-refractivity contribution in [3.63, 3.8) is 0 Å². The summed E-state index contributed by atoms with van der Waals surface area (Å²) in [7, 11) is -2.66. The van der Waals surface area contributed by atoms with Crippen molar-refractivity contribution in [3.05, 3.63) is 95.5 Å². The second kappa shape index (κ2) is 8.68. The fraction of sp³-hybridized carbons (Fsp3) is 0.0400. The van der Waals surface area contributed by atoms with Crippen LogP contribution in [0.3, 0.4) is 0 Å². The molecule has 3 aromatic heterocycles. The summed E-state index contributed by atoms with van der Waals surface area (Å²) in [5.74, 6) is -1.36. The zero-order valence-corrected chi connectivity index (χ0v) is 19.8. The van der Waals surface area contributed by atoms with Crippen LogP contribution in [0.4, 0.5) is 4.39 Å². The Hall–Kier alpha value is -3.95. The minimum absolute atomic E-state index is 0.0936. The number of ether oxygens (including phenoxy) is 1. The van der Waals surface area contributed by atoms with E-state index >= 15 is 0 Å². The normalized spacial score (nSPS) is 11.6. The van der Waals surface area contributed by atoms with Crippen LogP contribution < -0.4 is 0 Å². The molecule has 0 radical (unpaired) electrons. The Morgan fingerprint density at radius 2 is 1.83 bits per heavy atom. The van der Waals surface area contributed by atoms with Gasteiger partial charge in [0.05, 0.1) is 28.3 Å². The van der Waals surface area contributed by atoms with Crippen LogP contribution in [0.15, 0.2) is 84.0 Å². The largest absolute Gasteiger partial charge is 0.465 e. The van der Waals surface area contributed by atoms with Crippen molar-refractivity contribution >= 4 is 38.6 Å². The summed E-state index contributed by atoms with van der Waals surface area (Å²) in [4.78, 5) is 20.0. The molecular weight excluding hydrogens is 493 g/mol. The Balaban J connectivity index is 1.70. The molecule has 0 atom stereocenters. The van der Waals surface area contributed by atoms with Gasteiger partial charge in [0, 0.05) is 34.6 Å². The van der Waals surface area contributed by atoms with Gasteiger partial charge in [-0.1, -0.05) is 35.9 Å². The Morgan fingerprint density at radius 1 is 1.06 bits per heavy atom. The molecule has 176 valence electrons. The first-order valence-electron chi connectivity index (χ1n) is 10.4. The molecule has 35 heavy (non-hydrogen) atoms. The maximum Gasteiger partial charge on any atom is 0.340 e. The Labute approximate surface area is 204 Å². The number of hydrogen-bond acceptors (Lipinski definition) is 5. The fourth-order valence-corrected chi connectivity index (χ4v) is 5.43. The number of nitrogens with zero attached hydrogens (tertiary/aromatic N) is 2. The number of benzene rings is 2. The molecule has 5 rings (SSSR count). The van der Waals surface area contributed by atoms with Crippen LogP contribution in [0, 0.1) is 5.82 Å². The quantitative estimate of drug-likeness (QED) is 0.315. The lowest BCUT2D eigenvalue weighted by molar-refractivity contribution is 0.0602. The predicted octanol–water partition coefficient (Wildman–Crippen LogP) is 5.51. The zero-order chi connectivity index (χ0) is 24.7.